The number of hydrogen-bond donors (Lipinski definition) is 1. The van der Waals surface area contributed by atoms with E-state index in [2.05, 4.69) is 4.98 Å². The van der Waals surface area contributed by atoms with E-state index in [0.29, 0.717) is 16.7 Å². The van der Waals surface area contributed by atoms with Crippen LogP contribution in [0.1, 0.15) is 11.5 Å². The Kier molecular flexibility index (Phi) is 2.40. The highest BCUT2D eigenvalue weighted by Crippen LogP contribution is 2.17. The first kappa shape index (κ1) is 9.93. The fourth-order valence-corrected chi connectivity index (χ4v) is 1.26. The van der Waals surface area contributed by atoms with Crippen LogP contribution < -0.4 is 0 Å². The van der Waals surface area contributed by atoms with Crippen LogP contribution in [0.15, 0.2) is 28.7 Å². The van der Waals surface area contributed by atoms with Gasteiger partial charge in [0.2, 0.25) is 0 Å². The molecular formula is C11H6N2O3. The molecule has 1 heterocycles. The zero-order valence-electron chi connectivity index (χ0n) is 8.04. The van der Waals surface area contributed by atoms with E-state index in [1.54, 1.807) is 24.3 Å². The minimum absolute atomic E-state index is 0.00522. The summed E-state index contributed by atoms with van der Waals surface area (Å²) in [7, 11) is 0. The summed E-state index contributed by atoms with van der Waals surface area (Å²) in [6, 6.07) is 6.78. The van der Waals surface area contributed by atoms with Crippen molar-refractivity contribution in [3.63, 3.8) is 0 Å². The number of hydrogen-bond acceptors (Lipinski definition) is 4. The van der Waals surface area contributed by atoms with Gasteiger partial charge in [-0.3, -0.25) is 0 Å². The lowest BCUT2D eigenvalue weighted by atomic mass is 10.2. The van der Waals surface area contributed by atoms with Crippen molar-refractivity contribution in [1.82, 2.24) is 4.98 Å². The molecule has 78 valence electrons. The van der Waals surface area contributed by atoms with Gasteiger partial charge in [-0.15, -0.1) is 0 Å². The average molecular weight is 214 g/mol. The Morgan fingerprint density at radius 3 is 3.06 bits per heavy atom. The molecule has 5 nitrogen and oxygen atoms in total. The summed E-state index contributed by atoms with van der Waals surface area (Å²) >= 11 is 0. The third-order valence-electron chi connectivity index (χ3n) is 1.93. The van der Waals surface area contributed by atoms with Gasteiger partial charge in [0.05, 0.1) is 0 Å². The number of benzene rings is 1. The van der Waals surface area contributed by atoms with Crippen LogP contribution in [0, 0.1) is 11.3 Å². The number of carbonyl (C=O) groups is 1. The number of nitriles is 1. The summed E-state index contributed by atoms with van der Waals surface area (Å²) in [4.78, 5) is 14.2. The van der Waals surface area contributed by atoms with Gasteiger partial charge in [-0.25, -0.2) is 4.79 Å². The number of carboxylic acid groups (broad SMARTS) is 1. The molecule has 0 spiro atoms. The van der Waals surface area contributed by atoms with Gasteiger partial charge in [0, 0.05) is 6.08 Å². The highest BCUT2D eigenvalue weighted by molar-refractivity contribution is 5.86. The molecular weight excluding hydrogens is 208 g/mol. The number of aliphatic carboxylic acids is 1. The Balaban J connectivity index is 2.44. The van der Waals surface area contributed by atoms with E-state index in [4.69, 9.17) is 14.8 Å². The second kappa shape index (κ2) is 3.87. The topological polar surface area (TPSA) is 87.1 Å². The summed E-state index contributed by atoms with van der Waals surface area (Å²) in [6.45, 7) is 0. The summed E-state index contributed by atoms with van der Waals surface area (Å²) in [5, 5.41) is 17.1. The van der Waals surface area contributed by atoms with Gasteiger partial charge >= 0.3 is 11.9 Å². The molecule has 16 heavy (non-hydrogen) atoms. The van der Waals surface area contributed by atoms with Crippen molar-refractivity contribution in [2.24, 2.45) is 0 Å². The van der Waals surface area contributed by atoms with E-state index >= 15 is 0 Å². The number of carboxylic acids is 1. The molecule has 0 saturated carbocycles. The lowest BCUT2D eigenvalue weighted by molar-refractivity contribution is -0.131. The van der Waals surface area contributed by atoms with E-state index < -0.39 is 5.97 Å². The molecule has 0 aliphatic carbocycles. The highest BCUT2D eigenvalue weighted by Gasteiger charge is 2.04. The second-order valence-corrected chi connectivity index (χ2v) is 3.03. The van der Waals surface area contributed by atoms with Crippen LogP contribution in [0.4, 0.5) is 0 Å². The maximum Gasteiger partial charge on any atom is 0.328 e. The van der Waals surface area contributed by atoms with Crippen LogP contribution in [-0.2, 0) is 4.79 Å². The molecule has 1 aromatic carbocycles. The van der Waals surface area contributed by atoms with E-state index in [-0.39, 0.29) is 5.89 Å². The van der Waals surface area contributed by atoms with E-state index in [1.165, 1.54) is 6.08 Å². The fourth-order valence-electron chi connectivity index (χ4n) is 1.26. The molecule has 5 heteroatoms. The Bertz CT molecular complexity index is 620. The van der Waals surface area contributed by atoms with Crippen molar-refractivity contribution in [1.29, 1.82) is 5.26 Å². The van der Waals surface area contributed by atoms with Gasteiger partial charge in [0.25, 0.3) is 0 Å². The van der Waals surface area contributed by atoms with E-state index in [9.17, 15) is 4.79 Å². The largest absolute Gasteiger partial charge is 0.478 e. The quantitative estimate of drug-likeness (QED) is 0.770. The summed E-state index contributed by atoms with van der Waals surface area (Å²) < 4.78 is 5.09. The maximum atomic E-state index is 10.3. The minimum atomic E-state index is -1.02. The first-order valence-electron chi connectivity index (χ1n) is 4.41. The van der Waals surface area contributed by atoms with Crippen molar-refractivity contribution in [2.75, 3.05) is 0 Å². The maximum absolute atomic E-state index is 10.3. The molecule has 2 aromatic rings. The number of fused-ring (bicyclic) bond motifs is 1. The van der Waals surface area contributed by atoms with Crippen molar-refractivity contribution in [3.05, 3.63) is 35.7 Å². The minimum Gasteiger partial charge on any atom is -0.478 e. The second-order valence-electron chi connectivity index (χ2n) is 3.03. The molecule has 0 fully saturated rings. The van der Waals surface area contributed by atoms with Gasteiger partial charge < -0.3 is 9.52 Å². The Morgan fingerprint density at radius 2 is 2.38 bits per heavy atom. The molecule has 0 amide bonds. The molecule has 0 saturated heterocycles. The number of nitrogens with zero attached hydrogens (tertiary/aromatic N) is 2. The molecule has 0 atom stereocenters. The molecule has 1 N–H and O–H groups in total. The van der Waals surface area contributed by atoms with Crippen LogP contribution >= 0.6 is 0 Å². The van der Waals surface area contributed by atoms with E-state index in [0.717, 1.165) is 6.08 Å². The van der Waals surface area contributed by atoms with Crippen LogP contribution in [0.5, 0.6) is 0 Å². The number of oxazole rings is 1. The zero-order valence-corrected chi connectivity index (χ0v) is 8.04. The van der Waals surface area contributed by atoms with Gasteiger partial charge in [-0.05, 0) is 23.8 Å². The molecule has 0 aliphatic rings. The fraction of sp³-hybridized carbons (Fsp3) is 0. The molecule has 0 radical (unpaired) electrons. The van der Waals surface area contributed by atoms with Crippen molar-refractivity contribution >= 4 is 23.1 Å². The predicted molar refractivity (Wildman–Crippen MR) is 55.4 cm³/mol. The third kappa shape index (κ3) is 1.91. The predicted octanol–water partition coefficient (Wildman–Crippen LogP) is 1.80. The van der Waals surface area contributed by atoms with Crippen molar-refractivity contribution in [3.8, 4) is 6.07 Å². The van der Waals surface area contributed by atoms with Crippen molar-refractivity contribution < 1.29 is 14.3 Å². The van der Waals surface area contributed by atoms with Crippen LogP contribution in [0.25, 0.3) is 17.2 Å². The van der Waals surface area contributed by atoms with Crippen LogP contribution in [0.3, 0.4) is 0 Å². The smallest absolute Gasteiger partial charge is 0.328 e. The summed E-state index contributed by atoms with van der Waals surface area (Å²) in [6.07, 6.45) is 2.48. The van der Waals surface area contributed by atoms with Crippen LogP contribution in [0.2, 0.25) is 0 Å². The Hall–Kier alpha value is -2.61. The molecule has 0 aliphatic heterocycles. The molecule has 0 bridgehead atoms. The summed E-state index contributed by atoms with van der Waals surface area (Å²) in [5.41, 5.74) is 1.72. The molecule has 2 rings (SSSR count). The number of rotatable bonds is 2. The van der Waals surface area contributed by atoms with Gasteiger partial charge in [-0.1, -0.05) is 6.07 Å². The zero-order chi connectivity index (χ0) is 11.5. The van der Waals surface area contributed by atoms with Crippen molar-refractivity contribution in [2.45, 2.75) is 0 Å². The Morgan fingerprint density at radius 1 is 1.56 bits per heavy atom. The lowest BCUT2D eigenvalue weighted by Crippen LogP contribution is -1.85. The van der Waals surface area contributed by atoms with Gasteiger partial charge in [-0.2, -0.15) is 10.2 Å². The number of aromatic nitrogens is 1. The van der Waals surface area contributed by atoms with Gasteiger partial charge in [0.15, 0.2) is 11.7 Å². The monoisotopic (exact) mass is 214 g/mol. The first-order chi connectivity index (χ1) is 7.69. The standard InChI is InChI=1S/C11H6N2O3/c12-6-10-13-8-5-7(2-4-11(14)15)1-3-9(8)16-10/h1-5H,(H,14,15)/b4-2+. The molecule has 1 aromatic heterocycles. The van der Waals surface area contributed by atoms with Crippen LogP contribution in [-0.4, -0.2) is 16.1 Å². The van der Waals surface area contributed by atoms with E-state index in [1.807, 2.05) is 0 Å². The average Bonchev–Trinajstić information content (AvgIpc) is 2.68. The first-order valence-corrected chi connectivity index (χ1v) is 4.41. The van der Waals surface area contributed by atoms with Gasteiger partial charge in [0.1, 0.15) is 5.52 Å². The lowest BCUT2D eigenvalue weighted by Gasteiger charge is -1.90. The SMILES string of the molecule is N#Cc1nc2cc(/C=C/C(=O)O)ccc2o1. The summed E-state index contributed by atoms with van der Waals surface area (Å²) in [5.74, 6) is -1.02. The third-order valence-corrected chi connectivity index (χ3v) is 1.93. The normalized spacial score (nSPS) is 10.7. The Labute approximate surface area is 90.2 Å². The molecule has 0 unspecified atom stereocenters. The highest BCUT2D eigenvalue weighted by atomic mass is 16.4.